The number of nitrogens with zero attached hydrogens (tertiary/aromatic N) is 18. The molecule has 23 nitrogen and oxygen atoms in total. The Kier molecular flexibility index (Phi) is 16.9. The number of halogens is 5. The molecular formula is C69H55Cl2F3N18O5. The van der Waals surface area contributed by atoms with Crippen molar-refractivity contribution in [2.24, 2.45) is 0 Å². The van der Waals surface area contributed by atoms with Gasteiger partial charge in [0.1, 0.15) is 28.6 Å². The molecule has 0 bridgehead atoms. The van der Waals surface area contributed by atoms with E-state index in [-0.39, 0.29) is 46.2 Å². The number of ketones is 1. The number of aryl methyl sites for hydroxylation is 1. The third-order valence-electron chi connectivity index (χ3n) is 16.9. The van der Waals surface area contributed by atoms with Gasteiger partial charge in [-0.15, -0.1) is 0 Å². The molecule has 0 saturated carbocycles. The van der Waals surface area contributed by atoms with E-state index in [1.165, 1.54) is 34.2 Å². The van der Waals surface area contributed by atoms with Crippen LogP contribution in [-0.4, -0.2) is 176 Å². The number of aromatic nitrogens is 14. The lowest BCUT2D eigenvalue weighted by molar-refractivity contribution is -0.113. The number of amides is 4. The summed E-state index contributed by atoms with van der Waals surface area (Å²) in [6.45, 7) is 6.68. The van der Waals surface area contributed by atoms with Crippen molar-refractivity contribution in [2.75, 3.05) is 52.4 Å². The van der Waals surface area contributed by atoms with E-state index in [1.54, 1.807) is 99.6 Å². The predicted molar refractivity (Wildman–Crippen MR) is 354 cm³/mol. The summed E-state index contributed by atoms with van der Waals surface area (Å²) in [6.07, 6.45) is 12.8. The summed E-state index contributed by atoms with van der Waals surface area (Å²) in [7, 11) is 0. The predicted octanol–water partition coefficient (Wildman–Crippen LogP) is 11.1. The molecule has 4 saturated heterocycles. The number of hydrogen-bond acceptors (Lipinski definition) is 15. The third kappa shape index (κ3) is 12.3. The molecular weight excluding hydrogens is 1290 g/mol. The second-order valence-corrected chi connectivity index (χ2v) is 24.2. The Labute approximate surface area is 559 Å². The number of likely N-dealkylation sites (tertiary alicyclic amines) is 4. The van der Waals surface area contributed by atoms with Crippen molar-refractivity contribution >= 4 is 86.2 Å². The molecule has 0 N–H and O–H groups in total. The zero-order valence-corrected chi connectivity index (χ0v) is 53.4. The Morgan fingerprint density at radius 3 is 1.30 bits per heavy atom. The molecule has 4 aliphatic rings. The van der Waals surface area contributed by atoms with Crippen molar-refractivity contribution in [2.45, 2.75) is 39.0 Å². The fourth-order valence-electron chi connectivity index (χ4n) is 11.5. The molecule has 0 spiro atoms. The summed E-state index contributed by atoms with van der Waals surface area (Å²) in [5.41, 5.74) is 11.0. The molecule has 13 heterocycles. The second kappa shape index (κ2) is 26.1. The number of carbonyl (C=O) groups excluding carboxylic acids is 5. The maximum Gasteiger partial charge on any atom is 0.282 e. The van der Waals surface area contributed by atoms with Crippen LogP contribution in [0.4, 0.5) is 13.2 Å². The molecule has 486 valence electrons. The minimum absolute atomic E-state index is 0.0453. The maximum atomic E-state index is 14.6. The zero-order chi connectivity index (χ0) is 67.2. The largest absolute Gasteiger partial charge is 0.337 e. The van der Waals surface area contributed by atoms with Gasteiger partial charge in [-0.05, 0) is 142 Å². The van der Waals surface area contributed by atoms with Gasteiger partial charge in [0, 0.05) is 114 Å². The summed E-state index contributed by atoms with van der Waals surface area (Å²) < 4.78 is 47.1. The second-order valence-electron chi connectivity index (χ2n) is 23.3. The molecule has 9 aromatic heterocycles. The number of rotatable bonds is 9. The van der Waals surface area contributed by atoms with Crippen LogP contribution < -0.4 is 0 Å². The summed E-state index contributed by atoms with van der Waals surface area (Å²) in [5, 5.41) is 18.4. The van der Waals surface area contributed by atoms with Gasteiger partial charge in [-0.3, -0.25) is 33.9 Å². The first-order chi connectivity index (χ1) is 47.0. The summed E-state index contributed by atoms with van der Waals surface area (Å²) in [4.78, 5) is 95.4. The minimum atomic E-state index is -2.83. The van der Waals surface area contributed by atoms with Crippen LogP contribution in [0.15, 0.2) is 165 Å². The van der Waals surface area contributed by atoms with Gasteiger partial charge in [-0.2, -0.15) is 20.4 Å². The van der Waals surface area contributed by atoms with Gasteiger partial charge in [0.05, 0.1) is 24.1 Å². The fraction of sp³-hybridized carbons (Fsp3) is 0.203. The van der Waals surface area contributed by atoms with Gasteiger partial charge in [0.25, 0.3) is 29.6 Å². The molecule has 13 aromatic rings. The topological polar surface area (TPSA) is 245 Å². The van der Waals surface area contributed by atoms with E-state index < -0.39 is 30.7 Å². The Morgan fingerprint density at radius 2 is 0.845 bits per heavy atom. The number of Topliss-reactive ketones (excluding diaryl/α,β-unsaturated/α-hetero) is 1. The Bertz CT molecular complexity index is 5270. The fourth-order valence-corrected chi connectivity index (χ4v) is 11.8. The van der Waals surface area contributed by atoms with Gasteiger partial charge in [-0.25, -0.2) is 51.2 Å². The molecule has 0 aliphatic carbocycles. The van der Waals surface area contributed by atoms with Crippen LogP contribution in [0.2, 0.25) is 10.0 Å². The number of fused-ring (bicyclic) bond motifs is 5. The summed E-state index contributed by atoms with van der Waals surface area (Å²) >= 11 is 12.1. The average molecular weight is 1340 g/mol. The standard InChI is InChI=1S/C18H15FN4O2.C18H14N6O.C17H15ClN4O.C16H11ClF2N4O/c1-11(24)12-5-6-14(19)13(10-12)17-16(18(25)22-8-3-9-22)21-15-4-2-7-20-23(15)17;25-18(23-9-2-10-23)16-17(24-15(22-16)3-1-6-21-24)12-4-5-13-14(11-12)20-8-7-19-13;1-11-5-6-12(18)10-13(11)16-15(17(23)21-8-3-9-21)20-14-4-2-7-19-22(14)16;17-11-5-3-10(4-6-11)14-13(15(24)22-8-16(18,19)9-22)21-12-2-1-7-20-23(12)14/h2,4-7,10H,3,8-9H2,1H3;1,3-8,11H,2,9-10H2;2,4-7,10H,3,8-9H2,1H3;1-7H,8-9H2. The van der Waals surface area contributed by atoms with E-state index in [0.29, 0.717) is 85.3 Å². The van der Waals surface area contributed by atoms with Crippen molar-refractivity contribution in [3.05, 3.63) is 214 Å². The van der Waals surface area contributed by atoms with Crippen molar-refractivity contribution in [1.29, 1.82) is 0 Å². The van der Waals surface area contributed by atoms with E-state index in [4.69, 9.17) is 23.2 Å². The lowest BCUT2D eigenvalue weighted by atomic mass is 10.0. The van der Waals surface area contributed by atoms with Crippen molar-refractivity contribution in [3.8, 4) is 45.0 Å². The smallest absolute Gasteiger partial charge is 0.282 e. The summed E-state index contributed by atoms with van der Waals surface area (Å²) in [5.74, 6) is -4.42. The lowest BCUT2D eigenvalue weighted by Crippen LogP contribution is -2.58. The van der Waals surface area contributed by atoms with Gasteiger partial charge >= 0.3 is 0 Å². The van der Waals surface area contributed by atoms with E-state index in [9.17, 15) is 37.1 Å². The molecule has 97 heavy (non-hydrogen) atoms. The van der Waals surface area contributed by atoms with Gasteiger partial charge < -0.3 is 19.6 Å². The molecule has 28 heteroatoms. The van der Waals surface area contributed by atoms with Gasteiger partial charge in [-0.1, -0.05) is 47.5 Å². The Balaban J connectivity index is 0.000000111. The van der Waals surface area contributed by atoms with E-state index in [2.05, 4.69) is 50.3 Å². The first-order valence-electron chi connectivity index (χ1n) is 30.9. The zero-order valence-electron chi connectivity index (χ0n) is 51.8. The molecule has 4 fully saturated rings. The van der Waals surface area contributed by atoms with Crippen LogP contribution in [0.3, 0.4) is 0 Å². The van der Waals surface area contributed by atoms with Gasteiger partial charge in [0.15, 0.2) is 51.1 Å². The van der Waals surface area contributed by atoms with Crippen LogP contribution in [-0.2, 0) is 0 Å². The highest BCUT2D eigenvalue weighted by molar-refractivity contribution is 6.31. The minimum Gasteiger partial charge on any atom is -0.337 e. The van der Waals surface area contributed by atoms with E-state index in [0.717, 1.165) is 78.1 Å². The van der Waals surface area contributed by atoms with Crippen LogP contribution in [0.1, 0.15) is 84.1 Å². The van der Waals surface area contributed by atoms with Crippen LogP contribution in [0, 0.1) is 12.7 Å². The highest BCUT2D eigenvalue weighted by atomic mass is 35.5. The number of carbonyl (C=O) groups is 5. The van der Waals surface area contributed by atoms with E-state index in [1.807, 2.05) is 77.4 Å². The number of hydrogen-bond donors (Lipinski definition) is 0. The average Bonchev–Trinajstić information content (AvgIpc) is 1.67. The number of alkyl halides is 2. The van der Waals surface area contributed by atoms with Crippen molar-refractivity contribution in [3.63, 3.8) is 0 Å². The number of benzene rings is 4. The van der Waals surface area contributed by atoms with Crippen LogP contribution >= 0.6 is 23.2 Å². The van der Waals surface area contributed by atoms with Gasteiger partial charge in [0.2, 0.25) is 0 Å². The van der Waals surface area contributed by atoms with E-state index >= 15 is 0 Å². The Hall–Kier alpha value is -11.4. The molecule has 4 amide bonds. The molecule has 0 unspecified atom stereocenters. The molecule has 0 radical (unpaired) electrons. The van der Waals surface area contributed by atoms with Crippen molar-refractivity contribution < 1.29 is 37.1 Å². The van der Waals surface area contributed by atoms with Crippen molar-refractivity contribution in [1.82, 2.24) is 88.0 Å². The van der Waals surface area contributed by atoms with Crippen LogP contribution in [0.5, 0.6) is 0 Å². The third-order valence-corrected chi connectivity index (χ3v) is 17.4. The lowest BCUT2D eigenvalue weighted by Gasteiger charge is -2.38. The molecule has 0 atom stereocenters. The first-order valence-corrected chi connectivity index (χ1v) is 31.7. The molecule has 4 aromatic carbocycles. The highest BCUT2D eigenvalue weighted by Crippen LogP contribution is 2.36. The maximum absolute atomic E-state index is 14.6. The normalized spacial score (nSPS) is 14.5. The SMILES string of the molecule is CC(=O)c1ccc(F)c(-c2c(C(=O)N3CCC3)nc3cccnn23)c1.Cc1ccc(Cl)cc1-c1c(C(=O)N2CCC2)nc2cccnn12.O=C(c1nc2cccnn2c1-c1ccc(Cl)cc1)N1CC(F)(F)C1.O=C(c1nc2cccnn2c1-c1ccc2nccnc2c1)N1CCC1. The monoisotopic (exact) mass is 1340 g/mol. The quantitative estimate of drug-likeness (QED) is 0.122. The molecule has 17 rings (SSSR count). The molecule has 4 aliphatic heterocycles. The summed E-state index contributed by atoms with van der Waals surface area (Å²) in [6, 6.07) is 36.5. The van der Waals surface area contributed by atoms with Crippen LogP contribution in [0.25, 0.3) is 78.7 Å². The first kappa shape index (κ1) is 63.0. The Morgan fingerprint density at radius 1 is 0.433 bits per heavy atom. The number of imidazole rings is 4. The highest BCUT2D eigenvalue weighted by Gasteiger charge is 2.47.